The van der Waals surface area contributed by atoms with Gasteiger partial charge in [0.2, 0.25) is 0 Å². The molecule has 0 N–H and O–H groups in total. The molecule has 0 amide bonds. The van der Waals surface area contributed by atoms with Crippen molar-refractivity contribution >= 4 is 75.9 Å². The molecule has 0 saturated carbocycles. The Balaban J connectivity index is 0.937. The van der Waals surface area contributed by atoms with Crippen LogP contribution in [-0.4, -0.2) is 9.13 Å². The Hall–Kier alpha value is -8.20. The van der Waals surface area contributed by atoms with Crippen molar-refractivity contribution in [3.05, 3.63) is 218 Å². The molecule has 0 spiro atoms. The second kappa shape index (κ2) is 12.7. The van der Waals surface area contributed by atoms with Crippen molar-refractivity contribution in [3.63, 3.8) is 0 Å². The minimum absolute atomic E-state index is 1.20. The van der Waals surface area contributed by atoms with Crippen LogP contribution in [0.25, 0.3) is 132 Å². The largest absolute Gasteiger partial charge is 0.309 e. The highest BCUT2D eigenvalue weighted by Gasteiger charge is 2.26. The van der Waals surface area contributed by atoms with Gasteiger partial charge in [0.1, 0.15) is 0 Å². The van der Waals surface area contributed by atoms with Crippen LogP contribution in [0.15, 0.2) is 218 Å². The monoisotopic (exact) mass is 784 g/mol. The zero-order valence-corrected chi connectivity index (χ0v) is 33.7. The third kappa shape index (κ3) is 4.69. The van der Waals surface area contributed by atoms with Crippen LogP contribution in [0, 0.1) is 0 Å². The molecule has 0 bridgehead atoms. The highest BCUT2D eigenvalue weighted by Crippen LogP contribution is 2.49. The van der Waals surface area contributed by atoms with Crippen LogP contribution in [0.2, 0.25) is 0 Å². The van der Waals surface area contributed by atoms with Gasteiger partial charge in [-0.3, -0.25) is 0 Å². The van der Waals surface area contributed by atoms with Gasteiger partial charge in [0, 0.05) is 38.1 Å². The highest BCUT2D eigenvalue weighted by atomic mass is 15.0. The first-order chi connectivity index (χ1) is 30.7. The molecule has 14 rings (SSSR count). The number of para-hydroxylation sites is 3. The van der Waals surface area contributed by atoms with Crippen LogP contribution in [0.1, 0.15) is 0 Å². The van der Waals surface area contributed by atoms with Crippen LogP contribution in [0.4, 0.5) is 0 Å². The molecule has 0 radical (unpaired) electrons. The summed E-state index contributed by atoms with van der Waals surface area (Å²) in [6, 6.07) is 81.2. The third-order valence-electron chi connectivity index (χ3n) is 13.6. The molecule has 0 unspecified atom stereocenters. The SMILES string of the molecule is c1ccc2c(c1)-c1cc3ccccc3cc1-c1cc(-c3ccc(-c4ccc5c(c4)c4ccccc4n5-c4cc5ccccc5c5ccccc45)cc3)cc3c4ccccc4n-2c13. The smallest absolute Gasteiger partial charge is 0.0620 e. The molecular weight excluding hydrogens is 749 g/mol. The quantitative estimate of drug-likeness (QED) is 0.158. The zero-order chi connectivity index (χ0) is 40.5. The van der Waals surface area contributed by atoms with Crippen LogP contribution >= 0.6 is 0 Å². The molecule has 3 heterocycles. The number of hydrogen-bond donors (Lipinski definition) is 0. The van der Waals surface area contributed by atoms with E-state index in [9.17, 15) is 0 Å². The van der Waals surface area contributed by atoms with E-state index in [1.54, 1.807) is 0 Å². The maximum absolute atomic E-state index is 2.50. The van der Waals surface area contributed by atoms with Crippen LogP contribution in [0.5, 0.6) is 0 Å². The van der Waals surface area contributed by atoms with Gasteiger partial charge >= 0.3 is 0 Å². The van der Waals surface area contributed by atoms with Gasteiger partial charge in [-0.25, -0.2) is 0 Å². The van der Waals surface area contributed by atoms with Gasteiger partial charge in [-0.2, -0.15) is 0 Å². The second-order valence-corrected chi connectivity index (χ2v) is 16.9. The van der Waals surface area contributed by atoms with Crippen molar-refractivity contribution in [2.75, 3.05) is 0 Å². The predicted molar refractivity (Wildman–Crippen MR) is 263 cm³/mol. The Morgan fingerprint density at radius 2 is 0.742 bits per heavy atom. The standard InChI is InChI=1S/C60H36N2/c1-2-14-40-32-51-50(31-39(40)13-1)47-19-7-11-23-56(47)62-57-24-12-9-21-49(57)53-34-43(35-54(51)60(53)62)38-27-25-37(26-28-38)41-29-30-58-52(33-41)48-20-8-10-22-55(48)61(58)59-36-42-15-3-4-16-44(42)45-17-5-6-18-46(45)59/h1-36H. The van der Waals surface area contributed by atoms with Crippen molar-refractivity contribution in [2.45, 2.75) is 0 Å². The number of aromatic nitrogens is 2. The minimum Gasteiger partial charge on any atom is -0.309 e. The number of rotatable bonds is 3. The predicted octanol–water partition coefficient (Wildman–Crippen LogP) is 16.3. The first-order valence-electron chi connectivity index (χ1n) is 21.5. The average Bonchev–Trinajstić information content (AvgIpc) is 3.81. The van der Waals surface area contributed by atoms with Gasteiger partial charge in [-0.15, -0.1) is 0 Å². The van der Waals surface area contributed by atoms with Crippen molar-refractivity contribution in [3.8, 4) is 55.9 Å². The summed E-state index contributed by atoms with van der Waals surface area (Å²) in [5, 5.41) is 12.6. The van der Waals surface area contributed by atoms with Gasteiger partial charge in [0.05, 0.1) is 33.4 Å². The van der Waals surface area contributed by atoms with Crippen molar-refractivity contribution < 1.29 is 0 Å². The van der Waals surface area contributed by atoms with Gasteiger partial charge in [-0.1, -0.05) is 158 Å². The number of benzene rings is 11. The molecular formula is C60H36N2. The number of fused-ring (bicyclic) bond motifs is 15. The van der Waals surface area contributed by atoms with Gasteiger partial charge < -0.3 is 9.13 Å². The normalized spacial score (nSPS) is 12.2. The minimum atomic E-state index is 1.20. The maximum Gasteiger partial charge on any atom is 0.0620 e. The molecule has 0 aliphatic carbocycles. The van der Waals surface area contributed by atoms with Gasteiger partial charge in [0.25, 0.3) is 0 Å². The van der Waals surface area contributed by atoms with Crippen LogP contribution < -0.4 is 0 Å². The Labute approximate surface area is 357 Å². The van der Waals surface area contributed by atoms with E-state index in [2.05, 4.69) is 228 Å². The molecule has 0 fully saturated rings. The zero-order valence-electron chi connectivity index (χ0n) is 33.7. The Bertz CT molecular complexity index is 4030. The molecule has 1 aliphatic rings. The van der Waals surface area contributed by atoms with E-state index in [1.165, 1.54) is 132 Å². The first kappa shape index (κ1) is 33.6. The fourth-order valence-corrected chi connectivity index (χ4v) is 10.8. The van der Waals surface area contributed by atoms with Crippen molar-refractivity contribution in [1.29, 1.82) is 0 Å². The molecule has 0 saturated heterocycles. The lowest BCUT2D eigenvalue weighted by atomic mass is 9.89. The lowest BCUT2D eigenvalue weighted by Gasteiger charge is -2.14. The van der Waals surface area contributed by atoms with Gasteiger partial charge in [0.15, 0.2) is 0 Å². The van der Waals surface area contributed by atoms with E-state index in [-0.39, 0.29) is 0 Å². The summed E-state index contributed by atoms with van der Waals surface area (Å²) in [7, 11) is 0. The number of nitrogens with zero attached hydrogens (tertiary/aromatic N) is 2. The van der Waals surface area contributed by atoms with Crippen LogP contribution in [0.3, 0.4) is 0 Å². The van der Waals surface area contributed by atoms with E-state index in [0.717, 1.165) is 0 Å². The maximum atomic E-state index is 2.50. The van der Waals surface area contributed by atoms with Gasteiger partial charge in [-0.05, 0) is 121 Å². The Morgan fingerprint density at radius 1 is 0.226 bits per heavy atom. The molecule has 62 heavy (non-hydrogen) atoms. The molecule has 13 aromatic rings. The molecule has 2 heteroatoms. The summed E-state index contributed by atoms with van der Waals surface area (Å²) in [6.45, 7) is 0. The van der Waals surface area contributed by atoms with E-state index in [0.29, 0.717) is 0 Å². The molecule has 2 nitrogen and oxygen atoms in total. The summed E-state index contributed by atoms with van der Waals surface area (Å²) < 4.78 is 4.97. The molecule has 1 aliphatic heterocycles. The topological polar surface area (TPSA) is 9.86 Å². The van der Waals surface area contributed by atoms with E-state index in [4.69, 9.17) is 0 Å². The summed E-state index contributed by atoms with van der Waals surface area (Å²) in [5.41, 5.74) is 17.2. The summed E-state index contributed by atoms with van der Waals surface area (Å²) in [6.07, 6.45) is 0. The Kier molecular flexibility index (Phi) is 6.86. The lowest BCUT2D eigenvalue weighted by molar-refractivity contribution is 1.19. The third-order valence-corrected chi connectivity index (χ3v) is 13.6. The molecule has 0 atom stereocenters. The number of hydrogen-bond acceptors (Lipinski definition) is 0. The highest BCUT2D eigenvalue weighted by molar-refractivity contribution is 6.19. The lowest BCUT2D eigenvalue weighted by Crippen LogP contribution is -1.96. The second-order valence-electron chi connectivity index (χ2n) is 16.9. The first-order valence-corrected chi connectivity index (χ1v) is 21.5. The fraction of sp³-hybridized carbons (Fsp3) is 0. The van der Waals surface area contributed by atoms with E-state index in [1.807, 2.05) is 0 Å². The summed E-state index contributed by atoms with van der Waals surface area (Å²) >= 11 is 0. The van der Waals surface area contributed by atoms with E-state index < -0.39 is 0 Å². The van der Waals surface area contributed by atoms with Crippen LogP contribution in [-0.2, 0) is 0 Å². The van der Waals surface area contributed by atoms with E-state index >= 15 is 0 Å². The molecule has 286 valence electrons. The summed E-state index contributed by atoms with van der Waals surface area (Å²) in [5.74, 6) is 0. The summed E-state index contributed by atoms with van der Waals surface area (Å²) in [4.78, 5) is 0. The fourth-order valence-electron chi connectivity index (χ4n) is 10.8. The average molecular weight is 785 g/mol. The van der Waals surface area contributed by atoms with Crippen molar-refractivity contribution in [2.24, 2.45) is 0 Å². The van der Waals surface area contributed by atoms with Crippen molar-refractivity contribution in [1.82, 2.24) is 9.13 Å². The molecule has 11 aromatic carbocycles. The molecule has 2 aromatic heterocycles. The Morgan fingerprint density at radius 3 is 1.50 bits per heavy atom.